The van der Waals surface area contributed by atoms with E-state index in [2.05, 4.69) is 4.74 Å². The van der Waals surface area contributed by atoms with Gasteiger partial charge in [-0.1, -0.05) is 12.1 Å². The number of ether oxygens (including phenoxy) is 3. The Labute approximate surface area is 180 Å². The van der Waals surface area contributed by atoms with Gasteiger partial charge in [0.2, 0.25) is 0 Å². The molecule has 1 heterocycles. The van der Waals surface area contributed by atoms with Crippen LogP contribution in [0.1, 0.15) is 15.9 Å². The summed E-state index contributed by atoms with van der Waals surface area (Å²) in [6.45, 7) is -0.475. The second-order valence-electron chi connectivity index (χ2n) is 6.15. The fourth-order valence-corrected chi connectivity index (χ4v) is 3.45. The Morgan fingerprint density at radius 3 is 2.55 bits per heavy atom. The molecule has 8 nitrogen and oxygen atoms in total. The second kappa shape index (κ2) is 9.43. The summed E-state index contributed by atoms with van der Waals surface area (Å²) in [7, 11) is 2.52. The highest BCUT2D eigenvalue weighted by Crippen LogP contribution is 2.34. The number of methoxy groups -OCH3 is 2. The third-order valence-corrected chi connectivity index (χ3v) is 5.04. The molecule has 2 aromatic carbocycles. The molecule has 0 radical (unpaired) electrons. The zero-order valence-corrected chi connectivity index (χ0v) is 17.2. The number of amides is 2. The van der Waals surface area contributed by atoms with Gasteiger partial charge >= 0.3 is 11.9 Å². The van der Waals surface area contributed by atoms with E-state index in [0.29, 0.717) is 17.3 Å². The summed E-state index contributed by atoms with van der Waals surface area (Å²) in [6, 6.07) is 9.55. The predicted octanol–water partition coefficient (Wildman–Crippen LogP) is 3.26. The minimum Gasteiger partial charge on any atom is -0.493 e. The van der Waals surface area contributed by atoms with Crippen molar-refractivity contribution in [3.8, 4) is 11.5 Å². The monoisotopic (exact) mass is 445 g/mol. The molecule has 0 saturated carbocycles. The Morgan fingerprint density at radius 2 is 1.87 bits per heavy atom. The maximum absolute atomic E-state index is 13.3. The van der Waals surface area contributed by atoms with Crippen molar-refractivity contribution in [2.45, 2.75) is 0 Å². The van der Waals surface area contributed by atoms with Crippen LogP contribution in [0, 0.1) is 5.82 Å². The summed E-state index contributed by atoms with van der Waals surface area (Å²) in [4.78, 5) is 48.9. The topological polar surface area (TPSA) is 99.2 Å². The van der Waals surface area contributed by atoms with Crippen LogP contribution in [0.5, 0.6) is 11.5 Å². The molecular weight excluding hydrogens is 429 g/mol. The predicted molar refractivity (Wildman–Crippen MR) is 109 cm³/mol. The van der Waals surface area contributed by atoms with Crippen molar-refractivity contribution in [1.29, 1.82) is 0 Å². The molecule has 160 valence electrons. The van der Waals surface area contributed by atoms with Crippen LogP contribution in [0.3, 0.4) is 0 Å². The molecular formula is C21H16FNO7S. The first-order valence-corrected chi connectivity index (χ1v) is 9.62. The van der Waals surface area contributed by atoms with Gasteiger partial charge in [0, 0.05) is 0 Å². The molecule has 0 atom stereocenters. The minimum atomic E-state index is -0.769. The van der Waals surface area contributed by atoms with Crippen molar-refractivity contribution < 1.29 is 37.8 Å². The van der Waals surface area contributed by atoms with E-state index < -0.39 is 35.4 Å². The van der Waals surface area contributed by atoms with Gasteiger partial charge in [0.25, 0.3) is 11.1 Å². The van der Waals surface area contributed by atoms with E-state index in [0.717, 1.165) is 18.1 Å². The third kappa shape index (κ3) is 5.10. The van der Waals surface area contributed by atoms with Gasteiger partial charge in [-0.25, -0.2) is 9.18 Å². The van der Waals surface area contributed by atoms with Crippen LogP contribution in [0.15, 0.2) is 47.4 Å². The fourth-order valence-electron chi connectivity index (χ4n) is 2.61. The lowest BCUT2D eigenvalue weighted by atomic mass is 10.1. The summed E-state index contributed by atoms with van der Waals surface area (Å²) < 4.78 is 28.3. The standard InChI is InChI=1S/C21H16FNO7S/c1-28-16-8-12(9-17-19(25)23(21(27)31-17)11-18(24)29-2)6-7-15(16)30-20(26)13-4-3-5-14(22)10-13/h3-10H,11H2,1-2H3/b17-9-. The second-order valence-corrected chi connectivity index (χ2v) is 7.15. The summed E-state index contributed by atoms with van der Waals surface area (Å²) in [5, 5.41) is -0.589. The molecule has 0 spiro atoms. The van der Waals surface area contributed by atoms with E-state index in [1.807, 2.05) is 0 Å². The number of benzene rings is 2. The molecule has 10 heteroatoms. The number of thioether (sulfide) groups is 1. The lowest BCUT2D eigenvalue weighted by molar-refractivity contribution is -0.143. The van der Waals surface area contributed by atoms with Crippen LogP contribution >= 0.6 is 11.8 Å². The first kappa shape index (κ1) is 22.0. The maximum Gasteiger partial charge on any atom is 0.343 e. The average Bonchev–Trinajstić information content (AvgIpc) is 3.01. The largest absolute Gasteiger partial charge is 0.493 e. The summed E-state index contributed by atoms with van der Waals surface area (Å²) in [5.74, 6) is -2.40. The van der Waals surface area contributed by atoms with Gasteiger partial charge in [0.15, 0.2) is 11.5 Å². The molecule has 0 aromatic heterocycles. The van der Waals surface area contributed by atoms with Crippen molar-refractivity contribution in [3.63, 3.8) is 0 Å². The zero-order chi connectivity index (χ0) is 22.5. The number of carbonyl (C=O) groups excluding carboxylic acids is 4. The molecule has 1 fully saturated rings. The van der Waals surface area contributed by atoms with Gasteiger partial charge in [-0.15, -0.1) is 0 Å². The first-order chi connectivity index (χ1) is 14.8. The average molecular weight is 445 g/mol. The Hall–Kier alpha value is -3.66. The van der Waals surface area contributed by atoms with Crippen LogP contribution in [0.4, 0.5) is 9.18 Å². The lowest BCUT2D eigenvalue weighted by Gasteiger charge is -2.11. The molecule has 1 aliphatic rings. The van der Waals surface area contributed by atoms with E-state index in [1.54, 1.807) is 6.07 Å². The van der Waals surface area contributed by atoms with Crippen molar-refractivity contribution in [1.82, 2.24) is 4.90 Å². The highest BCUT2D eigenvalue weighted by Gasteiger charge is 2.36. The number of rotatable bonds is 6. The molecule has 1 saturated heterocycles. The fraction of sp³-hybridized carbons (Fsp3) is 0.143. The summed E-state index contributed by atoms with van der Waals surface area (Å²) in [5.41, 5.74) is 0.524. The van der Waals surface area contributed by atoms with Gasteiger partial charge in [-0.2, -0.15) is 0 Å². The molecule has 31 heavy (non-hydrogen) atoms. The van der Waals surface area contributed by atoms with Crippen LogP contribution < -0.4 is 9.47 Å². The molecule has 3 rings (SSSR count). The SMILES string of the molecule is COC(=O)CN1C(=O)S/C(=C\c2ccc(OC(=O)c3cccc(F)c3)c(OC)c2)C1=O. The summed E-state index contributed by atoms with van der Waals surface area (Å²) in [6.07, 6.45) is 1.45. The van der Waals surface area contributed by atoms with Crippen molar-refractivity contribution in [3.05, 3.63) is 64.3 Å². The van der Waals surface area contributed by atoms with Gasteiger partial charge in [0.1, 0.15) is 12.4 Å². The van der Waals surface area contributed by atoms with E-state index in [4.69, 9.17) is 9.47 Å². The van der Waals surface area contributed by atoms with Crippen LogP contribution in [-0.2, 0) is 14.3 Å². The number of hydrogen-bond acceptors (Lipinski definition) is 8. The van der Waals surface area contributed by atoms with E-state index in [1.165, 1.54) is 43.5 Å². The van der Waals surface area contributed by atoms with Gasteiger partial charge in [0.05, 0.1) is 24.7 Å². The van der Waals surface area contributed by atoms with Crippen LogP contribution in [0.2, 0.25) is 0 Å². The number of esters is 2. The molecule has 0 N–H and O–H groups in total. The van der Waals surface area contributed by atoms with Crippen molar-refractivity contribution in [2.24, 2.45) is 0 Å². The normalized spacial score (nSPS) is 14.7. The number of carbonyl (C=O) groups is 4. The molecule has 2 amide bonds. The maximum atomic E-state index is 13.3. The van der Waals surface area contributed by atoms with E-state index in [9.17, 15) is 23.6 Å². The number of hydrogen-bond donors (Lipinski definition) is 0. The van der Waals surface area contributed by atoms with Crippen molar-refractivity contribution in [2.75, 3.05) is 20.8 Å². The number of halogens is 1. The lowest BCUT2D eigenvalue weighted by Crippen LogP contribution is -2.34. The number of nitrogens with zero attached hydrogens (tertiary/aromatic N) is 1. The van der Waals surface area contributed by atoms with Crippen molar-refractivity contribution >= 4 is 40.9 Å². The molecule has 0 aliphatic carbocycles. The molecule has 1 aliphatic heterocycles. The summed E-state index contributed by atoms with van der Waals surface area (Å²) >= 11 is 0.685. The smallest absolute Gasteiger partial charge is 0.343 e. The van der Waals surface area contributed by atoms with Gasteiger partial charge in [-0.3, -0.25) is 19.3 Å². The first-order valence-electron chi connectivity index (χ1n) is 8.80. The Balaban J connectivity index is 1.80. The van der Waals surface area contributed by atoms with Crippen LogP contribution in [0.25, 0.3) is 6.08 Å². The Bertz CT molecular complexity index is 1100. The minimum absolute atomic E-state index is 0.0328. The van der Waals surface area contributed by atoms with Gasteiger partial charge < -0.3 is 14.2 Å². The Morgan fingerprint density at radius 1 is 1.10 bits per heavy atom. The highest BCUT2D eigenvalue weighted by molar-refractivity contribution is 8.18. The molecule has 2 aromatic rings. The zero-order valence-electron chi connectivity index (χ0n) is 16.4. The van der Waals surface area contributed by atoms with E-state index >= 15 is 0 Å². The molecule has 0 bridgehead atoms. The highest BCUT2D eigenvalue weighted by atomic mass is 32.2. The molecule has 0 unspecified atom stereocenters. The van der Waals surface area contributed by atoms with Crippen LogP contribution in [-0.4, -0.2) is 48.7 Å². The number of imide groups is 1. The quantitative estimate of drug-likeness (QED) is 0.380. The van der Waals surface area contributed by atoms with E-state index in [-0.39, 0.29) is 22.0 Å². The Kier molecular flexibility index (Phi) is 6.71. The van der Waals surface area contributed by atoms with Gasteiger partial charge in [-0.05, 0) is 53.7 Å². The third-order valence-electron chi connectivity index (χ3n) is 4.14.